The third-order valence-electron chi connectivity index (χ3n) is 1.06. The Morgan fingerprint density at radius 3 is 3.00 bits per heavy atom. The largest absolute Gasteiger partial charge is 0.369 e. The van der Waals surface area contributed by atoms with Gasteiger partial charge in [-0.15, -0.1) is 22.9 Å². The third-order valence-corrected chi connectivity index (χ3v) is 2.50. The van der Waals surface area contributed by atoms with E-state index in [0.717, 1.165) is 9.88 Å². The summed E-state index contributed by atoms with van der Waals surface area (Å²) in [6.45, 7) is 0. The van der Waals surface area contributed by atoms with Gasteiger partial charge in [0.2, 0.25) is 5.91 Å². The highest BCUT2D eigenvalue weighted by Gasteiger charge is 2.03. The zero-order valence-electron chi connectivity index (χ0n) is 5.71. The summed E-state index contributed by atoms with van der Waals surface area (Å²) in [5.41, 5.74) is 4.97. The second kappa shape index (κ2) is 3.69. The van der Waals surface area contributed by atoms with Crippen molar-refractivity contribution in [1.29, 1.82) is 0 Å². The summed E-state index contributed by atoms with van der Waals surface area (Å²) < 4.78 is 0. The van der Waals surface area contributed by atoms with E-state index in [1.807, 2.05) is 0 Å². The number of aromatic nitrogens is 1. The van der Waals surface area contributed by atoms with Crippen LogP contribution in [-0.2, 0) is 17.1 Å². The van der Waals surface area contributed by atoms with Crippen LogP contribution in [0.2, 0.25) is 0 Å². The molecule has 11 heavy (non-hydrogen) atoms. The summed E-state index contributed by atoms with van der Waals surface area (Å²) in [6.07, 6.45) is 1.87. The molecule has 0 aliphatic rings. The molecule has 0 unspecified atom stereocenters. The number of primary amides is 1. The monoisotopic (exact) mass is 190 g/mol. The first kappa shape index (κ1) is 8.49. The summed E-state index contributed by atoms with van der Waals surface area (Å²) in [5.74, 6) is 0.0802. The number of hydrogen-bond donors (Lipinski definition) is 1. The molecule has 60 valence electrons. The highest BCUT2D eigenvalue weighted by molar-refractivity contribution is 7.11. The zero-order valence-corrected chi connectivity index (χ0v) is 7.28. The minimum atomic E-state index is -0.361. The molecule has 0 saturated carbocycles. The van der Waals surface area contributed by atoms with Crippen LogP contribution in [0, 0.1) is 0 Å². The van der Waals surface area contributed by atoms with Crippen molar-refractivity contribution in [1.82, 2.24) is 4.98 Å². The third kappa shape index (κ3) is 2.48. The molecule has 0 spiro atoms. The van der Waals surface area contributed by atoms with E-state index in [0.29, 0.717) is 5.88 Å². The van der Waals surface area contributed by atoms with Crippen molar-refractivity contribution in [2.75, 3.05) is 0 Å². The first-order valence-electron chi connectivity index (χ1n) is 3.00. The maximum absolute atomic E-state index is 10.4. The minimum absolute atomic E-state index is 0.210. The topological polar surface area (TPSA) is 56.0 Å². The number of nitrogens with zero attached hydrogens (tertiary/aromatic N) is 1. The Morgan fingerprint density at radius 1 is 1.82 bits per heavy atom. The van der Waals surface area contributed by atoms with Gasteiger partial charge in [0.1, 0.15) is 5.01 Å². The van der Waals surface area contributed by atoms with Crippen molar-refractivity contribution >= 4 is 28.8 Å². The molecule has 3 nitrogen and oxygen atoms in total. The van der Waals surface area contributed by atoms with E-state index in [2.05, 4.69) is 4.98 Å². The second-order valence-electron chi connectivity index (χ2n) is 2.00. The number of hydrogen-bond acceptors (Lipinski definition) is 3. The molecule has 1 rings (SSSR count). The van der Waals surface area contributed by atoms with Crippen LogP contribution >= 0.6 is 22.9 Å². The Morgan fingerprint density at radius 2 is 2.55 bits per heavy atom. The highest BCUT2D eigenvalue weighted by atomic mass is 35.5. The summed E-state index contributed by atoms with van der Waals surface area (Å²) in [4.78, 5) is 15.3. The zero-order chi connectivity index (χ0) is 8.27. The molecule has 2 N–H and O–H groups in total. The number of amides is 1. The van der Waals surface area contributed by atoms with Gasteiger partial charge >= 0.3 is 0 Å². The van der Waals surface area contributed by atoms with Crippen LogP contribution in [0.1, 0.15) is 9.88 Å². The van der Waals surface area contributed by atoms with Gasteiger partial charge in [0.25, 0.3) is 0 Å². The Balaban J connectivity index is 2.65. The molecule has 0 saturated heterocycles. The molecule has 1 heterocycles. The molecule has 1 aromatic rings. The number of thiazole rings is 1. The van der Waals surface area contributed by atoms with Crippen LogP contribution in [0.3, 0.4) is 0 Å². The van der Waals surface area contributed by atoms with Crippen LogP contribution < -0.4 is 5.73 Å². The molecule has 0 radical (unpaired) electrons. The normalized spacial score (nSPS) is 9.91. The number of carbonyl (C=O) groups is 1. The van der Waals surface area contributed by atoms with E-state index in [-0.39, 0.29) is 12.3 Å². The highest BCUT2D eigenvalue weighted by Crippen LogP contribution is 2.14. The number of halogens is 1. The van der Waals surface area contributed by atoms with Crippen molar-refractivity contribution in [3.8, 4) is 0 Å². The van der Waals surface area contributed by atoms with E-state index in [9.17, 15) is 4.79 Å². The number of rotatable bonds is 3. The van der Waals surface area contributed by atoms with Crippen molar-refractivity contribution < 1.29 is 4.79 Å². The van der Waals surface area contributed by atoms with Crippen LogP contribution in [-0.4, -0.2) is 10.9 Å². The van der Waals surface area contributed by atoms with Gasteiger partial charge < -0.3 is 5.73 Å². The van der Waals surface area contributed by atoms with Crippen molar-refractivity contribution in [2.24, 2.45) is 5.73 Å². The summed E-state index contributed by atoms with van der Waals surface area (Å²) in [7, 11) is 0. The van der Waals surface area contributed by atoms with E-state index >= 15 is 0 Å². The smallest absolute Gasteiger partial charge is 0.224 e. The van der Waals surface area contributed by atoms with Crippen LogP contribution in [0.25, 0.3) is 0 Å². The number of nitrogens with two attached hydrogens (primary N) is 1. The average molecular weight is 191 g/mol. The van der Waals surface area contributed by atoms with Crippen molar-refractivity contribution in [3.05, 3.63) is 16.1 Å². The fraction of sp³-hybridized carbons (Fsp3) is 0.333. The Hall–Kier alpha value is -0.610. The van der Waals surface area contributed by atoms with Gasteiger partial charge in [-0.2, -0.15) is 0 Å². The summed E-state index contributed by atoms with van der Waals surface area (Å²) in [5, 5.41) is 0.730. The molecule has 0 aliphatic carbocycles. The lowest BCUT2D eigenvalue weighted by Gasteiger charge is -1.86. The van der Waals surface area contributed by atoms with Gasteiger partial charge in [0.05, 0.1) is 12.3 Å². The lowest BCUT2D eigenvalue weighted by Crippen LogP contribution is -2.13. The fourth-order valence-electron chi connectivity index (χ4n) is 0.641. The average Bonchev–Trinajstić information content (AvgIpc) is 2.34. The molecule has 0 atom stereocenters. The Bertz CT molecular complexity index is 261. The Kier molecular flexibility index (Phi) is 2.84. The van der Waals surface area contributed by atoms with E-state index in [4.69, 9.17) is 17.3 Å². The van der Waals surface area contributed by atoms with Gasteiger partial charge in [-0.1, -0.05) is 0 Å². The summed E-state index contributed by atoms with van der Waals surface area (Å²) >= 11 is 6.95. The van der Waals surface area contributed by atoms with Gasteiger partial charge in [-0.3, -0.25) is 4.79 Å². The van der Waals surface area contributed by atoms with Crippen LogP contribution in [0.4, 0.5) is 0 Å². The molecular weight excluding hydrogens is 184 g/mol. The first-order valence-corrected chi connectivity index (χ1v) is 4.35. The standard InChI is InChI=1S/C6H7ClN2OS/c7-2-4-3-9-6(11-4)1-5(8)10/h3H,1-2H2,(H2,8,10). The molecule has 0 bridgehead atoms. The molecule has 5 heteroatoms. The predicted octanol–water partition coefficient (Wildman–Crippen LogP) is 0.910. The SMILES string of the molecule is NC(=O)Cc1ncc(CCl)s1. The predicted molar refractivity (Wildman–Crippen MR) is 44.6 cm³/mol. The Labute approximate surface area is 73.2 Å². The molecule has 1 aromatic heterocycles. The number of alkyl halides is 1. The first-order chi connectivity index (χ1) is 5.22. The van der Waals surface area contributed by atoms with Gasteiger partial charge in [-0.25, -0.2) is 4.98 Å². The van der Waals surface area contributed by atoms with Gasteiger partial charge in [0, 0.05) is 11.1 Å². The van der Waals surface area contributed by atoms with Crippen LogP contribution in [0.5, 0.6) is 0 Å². The lowest BCUT2D eigenvalue weighted by molar-refractivity contribution is -0.117. The second-order valence-corrected chi connectivity index (χ2v) is 3.46. The molecule has 0 fully saturated rings. The minimum Gasteiger partial charge on any atom is -0.369 e. The maximum atomic E-state index is 10.4. The lowest BCUT2D eigenvalue weighted by atomic mass is 10.4. The van der Waals surface area contributed by atoms with E-state index in [1.165, 1.54) is 11.3 Å². The number of carbonyl (C=O) groups excluding carboxylic acids is 1. The molecule has 0 aromatic carbocycles. The van der Waals surface area contributed by atoms with E-state index < -0.39 is 0 Å². The quantitative estimate of drug-likeness (QED) is 0.721. The molecular formula is C6H7ClN2OS. The maximum Gasteiger partial charge on any atom is 0.224 e. The molecule has 1 amide bonds. The molecule has 0 aliphatic heterocycles. The van der Waals surface area contributed by atoms with Crippen LogP contribution in [0.15, 0.2) is 6.20 Å². The van der Waals surface area contributed by atoms with Crippen molar-refractivity contribution in [3.63, 3.8) is 0 Å². The van der Waals surface area contributed by atoms with Gasteiger partial charge in [0.15, 0.2) is 0 Å². The summed E-state index contributed by atoms with van der Waals surface area (Å²) in [6, 6.07) is 0. The van der Waals surface area contributed by atoms with Gasteiger partial charge in [-0.05, 0) is 0 Å². The fourth-order valence-corrected chi connectivity index (χ4v) is 1.66. The van der Waals surface area contributed by atoms with E-state index in [1.54, 1.807) is 6.20 Å². The van der Waals surface area contributed by atoms with Crippen molar-refractivity contribution in [2.45, 2.75) is 12.3 Å².